The second kappa shape index (κ2) is 4.92. The maximum absolute atomic E-state index is 11.8. The van der Waals surface area contributed by atoms with Crippen molar-refractivity contribution in [1.82, 2.24) is 5.32 Å². The van der Waals surface area contributed by atoms with Crippen LogP contribution in [0.15, 0.2) is 29.3 Å². The van der Waals surface area contributed by atoms with Crippen LogP contribution < -0.4 is 5.32 Å². The molecule has 1 aromatic rings. The summed E-state index contributed by atoms with van der Waals surface area (Å²) in [5, 5.41) is 2.93. The molecular formula is C13H16N2O. The first-order valence-corrected chi connectivity index (χ1v) is 5.67. The van der Waals surface area contributed by atoms with Gasteiger partial charge in [0.15, 0.2) is 0 Å². The summed E-state index contributed by atoms with van der Waals surface area (Å²) >= 11 is 0. The van der Waals surface area contributed by atoms with Crippen molar-refractivity contribution in [2.75, 3.05) is 6.54 Å². The van der Waals surface area contributed by atoms with Gasteiger partial charge in [-0.15, -0.1) is 0 Å². The Morgan fingerprint density at radius 1 is 1.38 bits per heavy atom. The van der Waals surface area contributed by atoms with Crippen LogP contribution in [0.2, 0.25) is 0 Å². The van der Waals surface area contributed by atoms with Crippen LogP contribution in [0.5, 0.6) is 0 Å². The Labute approximate surface area is 95.6 Å². The summed E-state index contributed by atoms with van der Waals surface area (Å²) in [6.07, 6.45) is 3.88. The highest BCUT2D eigenvalue weighted by Gasteiger charge is 2.11. The van der Waals surface area contributed by atoms with Crippen LogP contribution in [0, 0.1) is 5.92 Å². The molecule has 1 heterocycles. The fourth-order valence-electron chi connectivity index (χ4n) is 1.75. The second-order valence-electron chi connectivity index (χ2n) is 4.21. The van der Waals surface area contributed by atoms with E-state index in [1.807, 2.05) is 30.5 Å². The van der Waals surface area contributed by atoms with Gasteiger partial charge in [0, 0.05) is 12.8 Å². The van der Waals surface area contributed by atoms with E-state index >= 15 is 0 Å². The third-order valence-electron chi connectivity index (χ3n) is 2.81. The summed E-state index contributed by atoms with van der Waals surface area (Å²) in [4.78, 5) is 16.2. The van der Waals surface area contributed by atoms with Crippen molar-refractivity contribution in [2.24, 2.45) is 10.9 Å². The van der Waals surface area contributed by atoms with Crippen LogP contribution in [0.25, 0.3) is 0 Å². The van der Waals surface area contributed by atoms with Crippen molar-refractivity contribution in [3.8, 4) is 0 Å². The van der Waals surface area contributed by atoms with Crippen LogP contribution in [-0.2, 0) is 0 Å². The van der Waals surface area contributed by atoms with Crippen molar-refractivity contribution in [2.45, 2.75) is 19.8 Å². The predicted octanol–water partition coefficient (Wildman–Crippen LogP) is 2.55. The highest BCUT2D eigenvalue weighted by Crippen LogP contribution is 2.19. The zero-order valence-electron chi connectivity index (χ0n) is 9.44. The van der Waals surface area contributed by atoms with E-state index in [4.69, 9.17) is 0 Å². The third kappa shape index (κ3) is 2.48. The minimum Gasteiger partial charge on any atom is -0.352 e. The monoisotopic (exact) mass is 216 g/mol. The van der Waals surface area contributed by atoms with E-state index in [2.05, 4.69) is 17.2 Å². The number of para-hydroxylation sites is 1. The molecule has 0 spiro atoms. The molecular weight excluding hydrogens is 200 g/mol. The molecule has 1 amide bonds. The van der Waals surface area contributed by atoms with E-state index in [1.165, 1.54) is 0 Å². The Balaban J connectivity index is 2.32. The largest absolute Gasteiger partial charge is 0.352 e. The Hall–Kier alpha value is -1.64. The molecule has 3 nitrogen and oxygen atoms in total. The molecule has 0 radical (unpaired) electrons. The molecule has 1 aromatic carbocycles. The van der Waals surface area contributed by atoms with Gasteiger partial charge in [-0.1, -0.05) is 19.1 Å². The molecule has 0 aromatic heterocycles. The molecule has 0 aliphatic carbocycles. The van der Waals surface area contributed by atoms with Gasteiger partial charge in [-0.05, 0) is 30.9 Å². The van der Waals surface area contributed by atoms with Crippen LogP contribution in [-0.4, -0.2) is 18.7 Å². The highest BCUT2D eigenvalue weighted by atomic mass is 16.1. The lowest BCUT2D eigenvalue weighted by Crippen LogP contribution is -2.26. The molecule has 0 fully saturated rings. The predicted molar refractivity (Wildman–Crippen MR) is 65.3 cm³/mol. The number of hydrogen-bond donors (Lipinski definition) is 1. The van der Waals surface area contributed by atoms with E-state index < -0.39 is 0 Å². The van der Waals surface area contributed by atoms with Gasteiger partial charge in [-0.3, -0.25) is 9.79 Å². The zero-order valence-corrected chi connectivity index (χ0v) is 9.44. The smallest absolute Gasteiger partial charge is 0.253 e. The Morgan fingerprint density at radius 2 is 2.19 bits per heavy atom. The van der Waals surface area contributed by atoms with Crippen molar-refractivity contribution in [3.63, 3.8) is 0 Å². The lowest BCUT2D eigenvalue weighted by atomic mass is 10.0. The molecule has 0 saturated carbocycles. The van der Waals surface area contributed by atoms with Crippen molar-refractivity contribution >= 4 is 17.8 Å². The first-order valence-electron chi connectivity index (χ1n) is 5.67. The molecule has 1 N–H and O–H groups in total. The zero-order chi connectivity index (χ0) is 11.4. The number of carbonyl (C=O) groups excluding carboxylic acids is 1. The number of rotatable bonds is 0. The van der Waals surface area contributed by atoms with E-state index in [1.54, 1.807) is 0 Å². The van der Waals surface area contributed by atoms with Crippen molar-refractivity contribution in [3.05, 3.63) is 29.8 Å². The van der Waals surface area contributed by atoms with E-state index in [-0.39, 0.29) is 5.91 Å². The Bertz CT molecular complexity index is 412. The van der Waals surface area contributed by atoms with Crippen LogP contribution >= 0.6 is 0 Å². The van der Waals surface area contributed by atoms with E-state index in [0.29, 0.717) is 11.5 Å². The summed E-state index contributed by atoms with van der Waals surface area (Å²) in [7, 11) is 0. The van der Waals surface area contributed by atoms with Gasteiger partial charge in [-0.2, -0.15) is 0 Å². The van der Waals surface area contributed by atoms with Crippen LogP contribution in [0.4, 0.5) is 5.69 Å². The van der Waals surface area contributed by atoms with Gasteiger partial charge < -0.3 is 5.32 Å². The van der Waals surface area contributed by atoms with Crippen LogP contribution in [0.1, 0.15) is 30.1 Å². The lowest BCUT2D eigenvalue weighted by molar-refractivity contribution is 0.0952. The summed E-state index contributed by atoms with van der Waals surface area (Å²) in [5.74, 6) is 0.538. The minimum absolute atomic E-state index is 0.0261. The van der Waals surface area contributed by atoms with Gasteiger partial charge in [0.25, 0.3) is 5.91 Å². The number of fused-ring (bicyclic) bond motifs is 1. The number of aliphatic imine (C=N–C) groups is 1. The Morgan fingerprint density at radius 3 is 3.06 bits per heavy atom. The van der Waals surface area contributed by atoms with Gasteiger partial charge in [0.05, 0.1) is 11.3 Å². The normalized spacial score (nSPS) is 21.1. The molecule has 1 aliphatic rings. The lowest BCUT2D eigenvalue weighted by Gasteiger charge is -2.12. The SMILES string of the molecule is CC1CC=Nc2ccccc2C(=O)NCC1. The number of hydrogen-bond acceptors (Lipinski definition) is 2. The third-order valence-corrected chi connectivity index (χ3v) is 2.81. The number of carbonyl (C=O) groups is 1. The van der Waals surface area contributed by atoms with E-state index in [9.17, 15) is 4.79 Å². The molecule has 0 saturated heterocycles. The summed E-state index contributed by atoms with van der Waals surface area (Å²) in [6, 6.07) is 7.45. The standard InChI is InChI=1S/C13H16N2O/c1-10-6-8-14-12-5-3-2-4-11(12)13(16)15-9-7-10/h2-5,8,10H,6-7,9H2,1H3,(H,15,16). The molecule has 1 unspecified atom stereocenters. The summed E-state index contributed by atoms with van der Waals surface area (Å²) < 4.78 is 0. The number of amides is 1. The molecule has 16 heavy (non-hydrogen) atoms. The molecule has 0 bridgehead atoms. The molecule has 2 rings (SSSR count). The average molecular weight is 216 g/mol. The van der Waals surface area contributed by atoms with Gasteiger partial charge in [0.2, 0.25) is 0 Å². The molecule has 1 aliphatic heterocycles. The number of nitrogens with one attached hydrogen (secondary N) is 1. The fourth-order valence-corrected chi connectivity index (χ4v) is 1.75. The van der Waals surface area contributed by atoms with Crippen molar-refractivity contribution < 1.29 is 4.79 Å². The number of benzene rings is 1. The van der Waals surface area contributed by atoms with E-state index in [0.717, 1.165) is 25.1 Å². The maximum Gasteiger partial charge on any atom is 0.253 e. The quantitative estimate of drug-likeness (QED) is 0.711. The Kier molecular flexibility index (Phi) is 3.34. The summed E-state index contributed by atoms with van der Waals surface area (Å²) in [5.41, 5.74) is 1.42. The second-order valence-corrected chi connectivity index (χ2v) is 4.21. The van der Waals surface area contributed by atoms with Gasteiger partial charge in [-0.25, -0.2) is 0 Å². The molecule has 3 heteroatoms. The fraction of sp³-hybridized carbons (Fsp3) is 0.385. The highest BCUT2D eigenvalue weighted by molar-refractivity contribution is 5.99. The van der Waals surface area contributed by atoms with Crippen LogP contribution in [0.3, 0.4) is 0 Å². The first-order chi connectivity index (χ1) is 7.77. The van der Waals surface area contributed by atoms with Gasteiger partial charge >= 0.3 is 0 Å². The molecule has 84 valence electrons. The number of nitrogens with zero attached hydrogens (tertiary/aromatic N) is 1. The average Bonchev–Trinajstić information content (AvgIpc) is 2.29. The minimum atomic E-state index is -0.0261. The van der Waals surface area contributed by atoms with Crippen molar-refractivity contribution in [1.29, 1.82) is 0 Å². The molecule has 1 atom stereocenters. The van der Waals surface area contributed by atoms with Gasteiger partial charge in [0.1, 0.15) is 0 Å². The topological polar surface area (TPSA) is 41.5 Å². The summed E-state index contributed by atoms with van der Waals surface area (Å²) in [6.45, 7) is 2.91. The maximum atomic E-state index is 11.8. The first kappa shape index (κ1) is 10.9.